The van der Waals surface area contributed by atoms with E-state index < -0.39 is 28.5 Å². The zero-order valence-corrected chi connectivity index (χ0v) is 13.7. The van der Waals surface area contributed by atoms with Crippen molar-refractivity contribution in [3.8, 4) is 0 Å². The van der Waals surface area contributed by atoms with E-state index in [0.29, 0.717) is 13.2 Å². The van der Waals surface area contributed by atoms with Crippen LogP contribution < -0.4 is 3.61 Å². The second-order valence-corrected chi connectivity index (χ2v) is 10.9. The first kappa shape index (κ1) is 15.2. The van der Waals surface area contributed by atoms with E-state index in [0.717, 1.165) is 0 Å². The van der Waals surface area contributed by atoms with Crippen LogP contribution in [0.4, 0.5) is 0 Å². The Balaban J connectivity index is 2.72. The summed E-state index contributed by atoms with van der Waals surface area (Å²) in [6.07, 6.45) is 0. The third kappa shape index (κ3) is 4.73. The number of hydrogen-bond donors (Lipinski definition) is 0. The molecule has 0 N–H and O–H groups in total. The van der Waals surface area contributed by atoms with Crippen LogP contribution >= 0.6 is 7.60 Å². The summed E-state index contributed by atoms with van der Waals surface area (Å²) in [6, 6.07) is 10.2. The molecule has 96 valence electrons. The molecule has 1 atom stereocenters. The topological polar surface area (TPSA) is 35.5 Å². The van der Waals surface area contributed by atoms with Gasteiger partial charge in [-0.25, -0.2) is 0 Å². The van der Waals surface area contributed by atoms with Crippen LogP contribution in [-0.2, 0) is 13.6 Å². The summed E-state index contributed by atoms with van der Waals surface area (Å²) >= 11 is -0.558. The van der Waals surface area contributed by atoms with E-state index in [4.69, 9.17) is 9.05 Å². The number of rotatable bonds is 7. The third-order valence-electron chi connectivity index (χ3n) is 2.11. The molecule has 0 radical (unpaired) electrons. The number of benzene rings is 1. The molecule has 0 saturated carbocycles. The van der Waals surface area contributed by atoms with Crippen molar-refractivity contribution in [3.63, 3.8) is 0 Å². The minimum absolute atomic E-state index is 0.00944. The Bertz CT molecular complexity index is 359. The second kappa shape index (κ2) is 7.56. The van der Waals surface area contributed by atoms with Gasteiger partial charge in [-0.05, 0) is 0 Å². The van der Waals surface area contributed by atoms with Crippen molar-refractivity contribution in [1.82, 2.24) is 0 Å². The van der Waals surface area contributed by atoms with Crippen molar-refractivity contribution < 1.29 is 13.6 Å². The summed E-state index contributed by atoms with van der Waals surface area (Å²) < 4.78 is 24.5. The van der Waals surface area contributed by atoms with Crippen LogP contribution in [0.3, 0.4) is 0 Å². The molecule has 0 heterocycles. The quantitative estimate of drug-likeness (QED) is 0.547. The van der Waals surface area contributed by atoms with Crippen LogP contribution in [0.25, 0.3) is 0 Å². The fourth-order valence-corrected chi connectivity index (χ4v) is 7.70. The molecule has 0 aliphatic rings. The normalized spacial score (nSPS) is 13.6. The average Bonchev–Trinajstić information content (AvgIpc) is 2.31. The minimum atomic E-state index is -2.92. The van der Waals surface area contributed by atoms with Gasteiger partial charge in [-0.3, -0.25) is 0 Å². The number of hydrogen-bond acceptors (Lipinski definition) is 3. The van der Waals surface area contributed by atoms with Gasteiger partial charge in [-0.2, -0.15) is 0 Å². The summed E-state index contributed by atoms with van der Waals surface area (Å²) in [5.74, 6) is 0. The molecule has 0 aliphatic carbocycles. The van der Waals surface area contributed by atoms with Gasteiger partial charge in [0, 0.05) is 0 Å². The van der Waals surface area contributed by atoms with E-state index in [1.54, 1.807) is 0 Å². The summed E-state index contributed by atoms with van der Waals surface area (Å²) in [4.78, 5) is 0. The summed E-state index contributed by atoms with van der Waals surface area (Å²) in [5.41, 5.74) is 0. The molecule has 1 unspecified atom stereocenters. The van der Waals surface area contributed by atoms with Crippen molar-refractivity contribution >= 4 is 32.1 Å². The Hall–Kier alpha value is 0.160. The van der Waals surface area contributed by atoms with E-state index in [1.165, 1.54) is 3.61 Å². The monoisotopic (exact) mass is 372 g/mol. The van der Waals surface area contributed by atoms with Crippen molar-refractivity contribution in [3.05, 3.63) is 30.3 Å². The molecule has 0 fully saturated rings. The predicted octanol–water partition coefficient (Wildman–Crippen LogP) is 2.63. The summed E-state index contributed by atoms with van der Waals surface area (Å²) in [5, 5.41) is 0. The molecule has 1 rings (SSSR count). The van der Waals surface area contributed by atoms with E-state index in [2.05, 4.69) is 12.1 Å². The predicted molar refractivity (Wildman–Crippen MR) is 72.2 cm³/mol. The van der Waals surface area contributed by atoms with E-state index in [1.807, 2.05) is 39.0 Å². The fourth-order valence-electron chi connectivity index (χ4n) is 1.37. The van der Waals surface area contributed by atoms with Crippen LogP contribution in [0.5, 0.6) is 0 Å². The van der Waals surface area contributed by atoms with Gasteiger partial charge in [-0.1, -0.05) is 0 Å². The standard InChI is InChI=1S/C12H19O3PTe/c1-4-14-16(13,15-5-2)11(3)17-12-9-7-6-8-10-12/h6-11H,4-5H2,1-3H3. The molecular weight excluding hydrogens is 351 g/mol. The Kier molecular flexibility index (Phi) is 6.77. The van der Waals surface area contributed by atoms with Crippen molar-refractivity contribution in [2.24, 2.45) is 0 Å². The second-order valence-electron chi connectivity index (χ2n) is 3.41. The zero-order valence-electron chi connectivity index (χ0n) is 10.5. The first-order valence-electron chi connectivity index (χ1n) is 5.73. The van der Waals surface area contributed by atoms with Crippen LogP contribution in [0.15, 0.2) is 30.3 Å². The van der Waals surface area contributed by atoms with E-state index in [9.17, 15) is 4.57 Å². The average molecular weight is 370 g/mol. The molecule has 5 heteroatoms. The fraction of sp³-hybridized carbons (Fsp3) is 0.500. The molecule has 0 spiro atoms. The first-order valence-corrected chi connectivity index (χ1v) is 9.85. The maximum absolute atomic E-state index is 12.5. The van der Waals surface area contributed by atoms with Gasteiger partial charge in [0.2, 0.25) is 0 Å². The first-order chi connectivity index (χ1) is 8.12. The molecule has 0 aliphatic heterocycles. The summed E-state index contributed by atoms with van der Waals surface area (Å²) in [6.45, 7) is 6.54. The van der Waals surface area contributed by atoms with Crippen LogP contribution in [0.2, 0.25) is 0 Å². The van der Waals surface area contributed by atoms with Gasteiger partial charge in [0.25, 0.3) is 0 Å². The summed E-state index contributed by atoms with van der Waals surface area (Å²) in [7, 11) is -2.92. The van der Waals surface area contributed by atoms with E-state index >= 15 is 0 Å². The van der Waals surface area contributed by atoms with Crippen LogP contribution in [-0.4, -0.2) is 37.8 Å². The Morgan fingerprint density at radius 3 is 2.18 bits per heavy atom. The Morgan fingerprint density at radius 1 is 1.18 bits per heavy atom. The molecule has 3 nitrogen and oxygen atoms in total. The third-order valence-corrected chi connectivity index (χ3v) is 9.69. The maximum atomic E-state index is 12.5. The van der Waals surface area contributed by atoms with Crippen molar-refractivity contribution in [2.75, 3.05) is 13.2 Å². The Morgan fingerprint density at radius 2 is 1.71 bits per heavy atom. The molecule has 0 aromatic heterocycles. The van der Waals surface area contributed by atoms with Gasteiger partial charge in [0.1, 0.15) is 0 Å². The molecule has 1 aromatic carbocycles. The van der Waals surface area contributed by atoms with Crippen molar-refractivity contribution in [2.45, 2.75) is 24.5 Å². The SMILES string of the molecule is CCOP(=O)(OCC)C(C)[Te]c1ccccc1. The molecule has 0 bridgehead atoms. The van der Waals surface area contributed by atoms with Crippen LogP contribution in [0.1, 0.15) is 20.8 Å². The molecule has 0 amide bonds. The van der Waals surface area contributed by atoms with E-state index in [-0.39, 0.29) is 3.71 Å². The molecule has 1 aromatic rings. The molecule has 17 heavy (non-hydrogen) atoms. The van der Waals surface area contributed by atoms with Crippen molar-refractivity contribution in [1.29, 1.82) is 0 Å². The van der Waals surface area contributed by atoms with Gasteiger partial charge < -0.3 is 0 Å². The molecule has 0 saturated heterocycles. The van der Waals surface area contributed by atoms with Gasteiger partial charge in [-0.15, -0.1) is 0 Å². The molecular formula is C12H19O3PTe. The van der Waals surface area contributed by atoms with Gasteiger partial charge >= 0.3 is 114 Å². The Labute approximate surface area is 114 Å². The van der Waals surface area contributed by atoms with Gasteiger partial charge in [0.15, 0.2) is 0 Å². The van der Waals surface area contributed by atoms with Crippen LogP contribution in [0, 0.1) is 0 Å². The zero-order chi connectivity index (χ0) is 12.7. The van der Waals surface area contributed by atoms with Gasteiger partial charge in [0.05, 0.1) is 0 Å².